The molecule has 0 bridgehead atoms. The van der Waals surface area contributed by atoms with E-state index in [1.807, 2.05) is 24.3 Å². The van der Waals surface area contributed by atoms with Crippen LogP contribution in [0.5, 0.6) is 0 Å². The molecule has 0 N–H and O–H groups in total. The third-order valence-electron chi connectivity index (χ3n) is 2.37. The topological polar surface area (TPSA) is 63.2 Å². The van der Waals surface area contributed by atoms with E-state index in [9.17, 15) is 0 Å². The van der Waals surface area contributed by atoms with Gasteiger partial charge in [0.15, 0.2) is 5.92 Å². The molecule has 92 valence electrons. The van der Waals surface area contributed by atoms with Crippen LogP contribution in [-0.4, -0.2) is 6.21 Å². The first-order chi connectivity index (χ1) is 8.58. The highest BCUT2D eigenvalue weighted by atomic mass is 35.5. The summed E-state index contributed by atoms with van der Waals surface area (Å²) in [5.74, 6) is -0.436. The van der Waals surface area contributed by atoms with E-state index < -0.39 is 5.92 Å². The maximum Gasteiger partial charge on any atom is 0.170 e. The average molecular weight is 261 g/mol. The minimum atomic E-state index is -0.888. The van der Waals surface area contributed by atoms with Crippen molar-refractivity contribution in [3.8, 4) is 12.1 Å². The molecular formula is C13H13ClN4. The molecule has 0 aliphatic carbocycles. The molecule has 4 nitrogen and oxygen atoms in total. The molecular weight excluding hydrogens is 248 g/mol. The van der Waals surface area contributed by atoms with Crippen LogP contribution in [0.15, 0.2) is 29.4 Å². The second-order valence-electron chi connectivity index (χ2n) is 4.01. The second kappa shape index (κ2) is 6.64. The number of benzene rings is 1. The highest BCUT2D eigenvalue weighted by Gasteiger charge is 2.05. The Labute approximate surface area is 112 Å². The van der Waals surface area contributed by atoms with Crippen molar-refractivity contribution in [2.75, 3.05) is 4.53 Å². The van der Waals surface area contributed by atoms with Crippen molar-refractivity contribution < 1.29 is 0 Å². The van der Waals surface area contributed by atoms with Crippen LogP contribution >= 0.6 is 11.8 Å². The quantitative estimate of drug-likeness (QED) is 0.473. The van der Waals surface area contributed by atoms with Crippen LogP contribution in [0.25, 0.3) is 0 Å². The maximum atomic E-state index is 8.58. The lowest BCUT2D eigenvalue weighted by Gasteiger charge is -2.11. The average Bonchev–Trinajstić information content (AvgIpc) is 2.39. The molecule has 1 aromatic rings. The van der Waals surface area contributed by atoms with Crippen LogP contribution in [-0.2, 0) is 0 Å². The van der Waals surface area contributed by atoms with E-state index in [1.165, 1.54) is 11.8 Å². The lowest BCUT2D eigenvalue weighted by Crippen LogP contribution is -2.04. The first-order valence-corrected chi connectivity index (χ1v) is 5.81. The Morgan fingerprint density at radius 2 is 1.78 bits per heavy atom. The number of halogens is 1. The van der Waals surface area contributed by atoms with Crippen LogP contribution in [0.3, 0.4) is 0 Å². The van der Waals surface area contributed by atoms with Gasteiger partial charge in [-0.05, 0) is 23.6 Å². The summed E-state index contributed by atoms with van der Waals surface area (Å²) >= 11 is 5.91. The Balaban J connectivity index is 2.77. The highest BCUT2D eigenvalue weighted by molar-refractivity contribution is 6.25. The van der Waals surface area contributed by atoms with Crippen molar-refractivity contribution in [3.05, 3.63) is 29.8 Å². The van der Waals surface area contributed by atoms with Gasteiger partial charge in [0.05, 0.1) is 24.0 Å². The summed E-state index contributed by atoms with van der Waals surface area (Å²) in [7, 11) is 0. The SMILES string of the molecule is CC(C)c1ccc(N(Cl)N=CC(C#N)C#N)cc1. The second-order valence-corrected chi connectivity index (χ2v) is 4.33. The van der Waals surface area contributed by atoms with Gasteiger partial charge in [-0.15, -0.1) is 0 Å². The predicted octanol–water partition coefficient (Wildman–Crippen LogP) is 3.42. The van der Waals surface area contributed by atoms with Gasteiger partial charge in [-0.1, -0.05) is 26.0 Å². The molecule has 0 aliphatic rings. The molecule has 0 saturated heterocycles. The Kier molecular flexibility index (Phi) is 5.17. The summed E-state index contributed by atoms with van der Waals surface area (Å²) in [5.41, 5.74) is 1.90. The molecule has 0 aliphatic heterocycles. The van der Waals surface area contributed by atoms with Crippen molar-refractivity contribution in [2.24, 2.45) is 11.0 Å². The van der Waals surface area contributed by atoms with Crippen molar-refractivity contribution >= 4 is 23.7 Å². The largest absolute Gasteiger partial charge is 0.196 e. The fourth-order valence-electron chi connectivity index (χ4n) is 1.27. The van der Waals surface area contributed by atoms with Gasteiger partial charge in [0.1, 0.15) is 0 Å². The third-order valence-corrected chi connectivity index (χ3v) is 2.65. The molecule has 18 heavy (non-hydrogen) atoms. The molecule has 1 rings (SSSR count). The van der Waals surface area contributed by atoms with Crippen molar-refractivity contribution in [1.82, 2.24) is 0 Å². The van der Waals surface area contributed by atoms with Gasteiger partial charge in [0.2, 0.25) is 0 Å². The van der Waals surface area contributed by atoms with Gasteiger partial charge in [0.25, 0.3) is 0 Å². The molecule has 0 aromatic heterocycles. The Hall–Kier alpha value is -2.04. The Bertz CT molecular complexity index is 479. The standard InChI is InChI=1S/C13H13ClN4/c1-10(2)12-3-5-13(6-4-12)18(14)17-9-11(7-15)8-16/h3-6,9-11H,1-2H3. The van der Waals surface area contributed by atoms with Gasteiger partial charge in [-0.2, -0.15) is 20.2 Å². The summed E-state index contributed by atoms with van der Waals surface area (Å²) in [6.45, 7) is 4.21. The van der Waals surface area contributed by atoms with Crippen LogP contribution in [0.1, 0.15) is 25.3 Å². The van der Waals surface area contributed by atoms with E-state index in [-0.39, 0.29) is 0 Å². The summed E-state index contributed by atoms with van der Waals surface area (Å²) < 4.78 is 1.12. The van der Waals surface area contributed by atoms with E-state index in [0.29, 0.717) is 11.6 Å². The Morgan fingerprint density at radius 3 is 2.22 bits per heavy atom. The van der Waals surface area contributed by atoms with Crippen molar-refractivity contribution in [2.45, 2.75) is 19.8 Å². The minimum absolute atomic E-state index is 0.452. The summed E-state index contributed by atoms with van der Waals surface area (Å²) in [4.78, 5) is 0. The van der Waals surface area contributed by atoms with E-state index in [1.54, 1.807) is 12.1 Å². The fourth-order valence-corrected chi connectivity index (χ4v) is 1.43. The van der Waals surface area contributed by atoms with Gasteiger partial charge in [-0.25, -0.2) is 0 Å². The van der Waals surface area contributed by atoms with E-state index in [2.05, 4.69) is 18.9 Å². The Morgan fingerprint density at radius 1 is 1.22 bits per heavy atom. The number of hydrogen-bond donors (Lipinski definition) is 0. The molecule has 0 atom stereocenters. The molecule has 0 fully saturated rings. The zero-order chi connectivity index (χ0) is 13.5. The number of nitrogens with zero attached hydrogens (tertiary/aromatic N) is 4. The predicted molar refractivity (Wildman–Crippen MR) is 72.1 cm³/mol. The molecule has 0 spiro atoms. The summed E-state index contributed by atoms with van der Waals surface area (Å²) in [6.07, 6.45) is 1.21. The van der Waals surface area contributed by atoms with Gasteiger partial charge in [-0.3, -0.25) is 0 Å². The molecule has 0 unspecified atom stereocenters. The number of rotatable bonds is 4. The maximum absolute atomic E-state index is 8.58. The summed E-state index contributed by atoms with van der Waals surface area (Å²) in [6, 6.07) is 11.2. The highest BCUT2D eigenvalue weighted by Crippen LogP contribution is 2.21. The normalized spacial score (nSPS) is 10.6. The zero-order valence-corrected chi connectivity index (χ0v) is 11.0. The first-order valence-electron chi connectivity index (χ1n) is 5.47. The van der Waals surface area contributed by atoms with Gasteiger partial charge in [0, 0.05) is 11.8 Å². The molecule has 0 radical (unpaired) electrons. The molecule has 0 amide bonds. The summed E-state index contributed by atoms with van der Waals surface area (Å²) in [5, 5.41) is 21.0. The fraction of sp³-hybridized carbons (Fsp3) is 0.308. The molecule has 1 aromatic carbocycles. The number of anilines is 1. The first kappa shape index (κ1) is 14.0. The smallest absolute Gasteiger partial charge is 0.170 e. The number of hydrazone groups is 1. The van der Waals surface area contributed by atoms with E-state index in [4.69, 9.17) is 22.3 Å². The zero-order valence-electron chi connectivity index (χ0n) is 10.2. The lowest BCUT2D eigenvalue weighted by molar-refractivity contribution is 0.866. The van der Waals surface area contributed by atoms with Gasteiger partial charge < -0.3 is 0 Å². The minimum Gasteiger partial charge on any atom is -0.196 e. The number of nitriles is 2. The van der Waals surface area contributed by atoms with Crippen LogP contribution < -0.4 is 4.53 Å². The van der Waals surface area contributed by atoms with Crippen LogP contribution in [0.4, 0.5) is 5.69 Å². The van der Waals surface area contributed by atoms with Gasteiger partial charge >= 0.3 is 0 Å². The lowest BCUT2D eigenvalue weighted by atomic mass is 10.0. The monoisotopic (exact) mass is 260 g/mol. The molecule has 0 heterocycles. The van der Waals surface area contributed by atoms with Crippen molar-refractivity contribution in [1.29, 1.82) is 10.5 Å². The molecule has 0 saturated carbocycles. The van der Waals surface area contributed by atoms with Crippen LogP contribution in [0.2, 0.25) is 0 Å². The third kappa shape index (κ3) is 3.76. The van der Waals surface area contributed by atoms with Crippen LogP contribution in [0, 0.1) is 28.6 Å². The van der Waals surface area contributed by atoms with E-state index >= 15 is 0 Å². The molecule has 5 heteroatoms. The van der Waals surface area contributed by atoms with E-state index in [0.717, 1.165) is 4.53 Å². The number of hydrogen-bond acceptors (Lipinski definition) is 4. The van der Waals surface area contributed by atoms with Crippen molar-refractivity contribution in [3.63, 3.8) is 0 Å².